The maximum atomic E-state index is 17.2. The summed E-state index contributed by atoms with van der Waals surface area (Å²) in [5.74, 6) is -3.20. The number of nitrogens with zero attached hydrogens (tertiary/aromatic N) is 3. The molecule has 6 aromatic rings. The van der Waals surface area contributed by atoms with Crippen LogP contribution in [0.25, 0.3) is 16.8 Å². The highest BCUT2D eigenvalue weighted by molar-refractivity contribution is 6.30. The summed E-state index contributed by atoms with van der Waals surface area (Å²) in [5, 5.41) is 8.58. The zero-order valence-electron chi connectivity index (χ0n) is 31.0. The molecule has 1 atom stereocenters. The number of aromatic nitrogens is 2. The van der Waals surface area contributed by atoms with Crippen molar-refractivity contribution in [3.8, 4) is 28.3 Å². The summed E-state index contributed by atoms with van der Waals surface area (Å²) >= 11 is 6.21. The lowest BCUT2D eigenvalue weighted by molar-refractivity contribution is -0.214. The molecule has 282 valence electrons. The number of rotatable bonds is 9. The molecule has 0 spiro atoms. The molecular weight excluding hydrogens is 725 g/mol. The van der Waals surface area contributed by atoms with E-state index in [-0.39, 0.29) is 18.0 Å². The van der Waals surface area contributed by atoms with Crippen molar-refractivity contribution >= 4 is 17.4 Å². The second-order valence-electron chi connectivity index (χ2n) is 14.1. The lowest BCUT2D eigenvalue weighted by Crippen LogP contribution is -2.56. The van der Waals surface area contributed by atoms with Crippen LogP contribution in [-0.2, 0) is 15.8 Å². The third kappa shape index (κ3) is 6.74. The van der Waals surface area contributed by atoms with Crippen LogP contribution in [0.2, 0.25) is 5.02 Å². The van der Waals surface area contributed by atoms with Crippen LogP contribution < -0.4 is 14.8 Å². The number of hydrogen-bond donors (Lipinski definition) is 1. The molecule has 7 nitrogen and oxygen atoms in total. The SMILES string of the molecule is COc1ccc(C(NC2=NC(C)(c3cc(-c4cnn(-c5cccc(Cl)c5)c4)ccc3F)C(F)(F)C(C)(C)OC2)(c2ccccc2)c2ccc(OC)cc2)cc1. The Hall–Kier alpha value is -5.58. The number of halogens is 4. The lowest BCUT2D eigenvalue weighted by atomic mass is 9.76. The molecular formula is C44H40ClF3N4O3. The molecule has 0 bridgehead atoms. The Kier molecular flexibility index (Phi) is 10.00. The van der Waals surface area contributed by atoms with Crippen molar-refractivity contribution in [2.24, 2.45) is 4.99 Å². The number of benzene rings is 5. The van der Waals surface area contributed by atoms with Gasteiger partial charge in [-0.2, -0.15) is 5.10 Å². The van der Waals surface area contributed by atoms with Gasteiger partial charge in [0, 0.05) is 22.3 Å². The van der Waals surface area contributed by atoms with Gasteiger partial charge in [-0.3, -0.25) is 4.99 Å². The van der Waals surface area contributed by atoms with Crippen LogP contribution in [0.1, 0.15) is 43.0 Å². The van der Waals surface area contributed by atoms with Gasteiger partial charge in [0.25, 0.3) is 0 Å². The molecule has 0 aliphatic carbocycles. The molecule has 5 aromatic carbocycles. The Bertz CT molecular complexity index is 2280. The first-order valence-electron chi connectivity index (χ1n) is 17.7. The first kappa shape index (κ1) is 37.7. The molecule has 1 aliphatic rings. The highest BCUT2D eigenvalue weighted by Gasteiger charge is 2.64. The Morgan fingerprint density at radius 3 is 1.98 bits per heavy atom. The van der Waals surface area contributed by atoms with E-state index in [1.54, 1.807) is 49.5 Å². The van der Waals surface area contributed by atoms with E-state index in [1.807, 2.05) is 84.9 Å². The number of amidine groups is 1. The van der Waals surface area contributed by atoms with Gasteiger partial charge in [0.2, 0.25) is 0 Å². The van der Waals surface area contributed by atoms with E-state index < -0.39 is 28.4 Å². The minimum absolute atomic E-state index is 0.0850. The van der Waals surface area contributed by atoms with E-state index in [4.69, 9.17) is 30.8 Å². The summed E-state index contributed by atoms with van der Waals surface area (Å²) in [5.41, 5.74) is -1.97. The lowest BCUT2D eigenvalue weighted by Gasteiger charge is -2.42. The number of hydrogen-bond acceptors (Lipinski definition) is 6. The second kappa shape index (κ2) is 14.6. The smallest absolute Gasteiger partial charge is 0.304 e. The Labute approximate surface area is 323 Å². The van der Waals surface area contributed by atoms with Gasteiger partial charge in [0.05, 0.1) is 26.1 Å². The molecule has 55 heavy (non-hydrogen) atoms. The van der Waals surface area contributed by atoms with E-state index in [1.165, 1.54) is 39.0 Å². The van der Waals surface area contributed by atoms with Gasteiger partial charge < -0.3 is 19.5 Å². The number of alkyl halides is 2. The van der Waals surface area contributed by atoms with Crippen molar-refractivity contribution < 1.29 is 27.4 Å². The molecule has 1 N–H and O–H groups in total. The maximum Gasteiger partial charge on any atom is 0.304 e. The summed E-state index contributed by atoms with van der Waals surface area (Å²) < 4.78 is 69.3. The van der Waals surface area contributed by atoms with Crippen molar-refractivity contribution in [2.75, 3.05) is 20.8 Å². The minimum atomic E-state index is -3.72. The number of methoxy groups -OCH3 is 2. The Morgan fingerprint density at radius 2 is 1.38 bits per heavy atom. The number of nitrogens with one attached hydrogen (secondary N) is 1. The zero-order valence-corrected chi connectivity index (χ0v) is 31.7. The highest BCUT2D eigenvalue weighted by atomic mass is 35.5. The van der Waals surface area contributed by atoms with Crippen LogP contribution in [0.15, 0.2) is 139 Å². The average molecular weight is 765 g/mol. The monoisotopic (exact) mass is 764 g/mol. The Balaban J connectivity index is 1.42. The second-order valence-corrected chi connectivity index (χ2v) is 14.5. The fraction of sp³-hybridized carbons (Fsp3) is 0.227. The molecule has 0 amide bonds. The summed E-state index contributed by atoms with van der Waals surface area (Å²) in [6.07, 6.45) is 3.32. The zero-order chi connectivity index (χ0) is 39.0. The average Bonchev–Trinajstić information content (AvgIpc) is 3.68. The molecule has 1 aromatic heterocycles. The van der Waals surface area contributed by atoms with Crippen molar-refractivity contribution in [3.63, 3.8) is 0 Å². The molecule has 0 saturated heterocycles. The van der Waals surface area contributed by atoms with Gasteiger partial charge in [-0.05, 0) is 97.6 Å². The third-order valence-corrected chi connectivity index (χ3v) is 10.6. The van der Waals surface area contributed by atoms with E-state index >= 15 is 13.2 Å². The fourth-order valence-corrected chi connectivity index (χ4v) is 7.39. The largest absolute Gasteiger partial charge is 0.497 e. The van der Waals surface area contributed by atoms with Crippen LogP contribution in [0, 0.1) is 5.82 Å². The van der Waals surface area contributed by atoms with Gasteiger partial charge in [-0.15, -0.1) is 0 Å². The predicted octanol–water partition coefficient (Wildman–Crippen LogP) is 9.99. The molecule has 0 radical (unpaired) electrons. The molecule has 11 heteroatoms. The highest BCUT2D eigenvalue weighted by Crippen LogP contribution is 2.51. The van der Waals surface area contributed by atoms with Gasteiger partial charge >= 0.3 is 5.92 Å². The van der Waals surface area contributed by atoms with Crippen molar-refractivity contribution in [2.45, 2.75) is 43.4 Å². The van der Waals surface area contributed by atoms with Crippen molar-refractivity contribution in [1.29, 1.82) is 0 Å². The van der Waals surface area contributed by atoms with E-state index in [2.05, 4.69) is 10.4 Å². The van der Waals surface area contributed by atoms with Gasteiger partial charge in [0.1, 0.15) is 40.9 Å². The third-order valence-electron chi connectivity index (χ3n) is 10.4. The van der Waals surface area contributed by atoms with E-state index in [9.17, 15) is 0 Å². The van der Waals surface area contributed by atoms with Gasteiger partial charge in [-0.1, -0.05) is 78.3 Å². The topological polar surface area (TPSA) is 69.9 Å². The van der Waals surface area contributed by atoms with Crippen LogP contribution in [0.5, 0.6) is 11.5 Å². The van der Waals surface area contributed by atoms with E-state index in [0.717, 1.165) is 16.7 Å². The molecule has 7 rings (SSSR count). The number of aliphatic imine (C=N–C) groups is 1. The van der Waals surface area contributed by atoms with Crippen LogP contribution in [-0.4, -0.2) is 48.0 Å². The van der Waals surface area contributed by atoms with Gasteiger partial charge in [0.15, 0.2) is 5.54 Å². The molecule has 1 aliphatic heterocycles. The molecule has 0 fully saturated rings. The van der Waals surface area contributed by atoms with E-state index in [0.29, 0.717) is 33.3 Å². The predicted molar refractivity (Wildman–Crippen MR) is 209 cm³/mol. The summed E-state index contributed by atoms with van der Waals surface area (Å²) in [7, 11) is 3.17. The molecule has 0 saturated carbocycles. The quantitative estimate of drug-likeness (QED) is 0.149. The van der Waals surface area contributed by atoms with Crippen molar-refractivity contribution in [1.82, 2.24) is 15.1 Å². The van der Waals surface area contributed by atoms with Crippen LogP contribution >= 0.6 is 11.6 Å². The standard InChI is InChI=1S/C44H40ClF3N4O3/c1-41(2)44(47,48)42(3,38-24-29(14-23-39(38)46)30-26-49-52(27-30)35-13-9-12-34(45)25-35)50-40(28-55-41)51-43(31-10-7-6-8-11-31,32-15-19-36(53-4)20-16-32)33-17-21-37(54-5)22-18-33/h6-27H,28H2,1-5H3,(H,50,51). The fourth-order valence-electron chi connectivity index (χ4n) is 7.20. The summed E-state index contributed by atoms with van der Waals surface area (Å²) in [4.78, 5) is 4.82. The maximum absolute atomic E-state index is 17.2. The Morgan fingerprint density at radius 1 is 0.764 bits per heavy atom. The summed E-state index contributed by atoms with van der Waals surface area (Å²) in [6.45, 7) is 3.54. The summed E-state index contributed by atoms with van der Waals surface area (Å²) in [6, 6.07) is 35.9. The molecule has 2 heterocycles. The minimum Gasteiger partial charge on any atom is -0.497 e. The van der Waals surface area contributed by atoms with Crippen molar-refractivity contribution in [3.05, 3.63) is 167 Å². The first-order chi connectivity index (χ1) is 26.3. The normalized spacial score (nSPS) is 17.9. The number of ether oxygens (including phenoxy) is 3. The molecule has 1 unspecified atom stereocenters. The van der Waals surface area contributed by atoms with Crippen LogP contribution in [0.4, 0.5) is 13.2 Å². The van der Waals surface area contributed by atoms with Gasteiger partial charge in [-0.25, -0.2) is 17.9 Å². The first-order valence-corrected chi connectivity index (χ1v) is 18.0. The van der Waals surface area contributed by atoms with Crippen LogP contribution in [0.3, 0.4) is 0 Å².